The van der Waals surface area contributed by atoms with Crippen LogP contribution in [0.1, 0.15) is 12.8 Å². The molecule has 2 rings (SSSR count). The smallest absolute Gasteiger partial charge is 0.280 e. The van der Waals surface area contributed by atoms with Gasteiger partial charge in [0.1, 0.15) is 4.47 Å². The Morgan fingerprint density at radius 2 is 2.40 bits per heavy atom. The maximum absolute atomic E-state index is 11.2. The normalized spacial score (nSPS) is 24.7. The minimum Gasteiger partial charge on any atom is -0.381 e. The Morgan fingerprint density at radius 1 is 1.67 bits per heavy atom. The summed E-state index contributed by atoms with van der Waals surface area (Å²) < 4.78 is 5.67. The molecule has 1 heterocycles. The zero-order chi connectivity index (χ0) is 10.8. The van der Waals surface area contributed by atoms with Crippen molar-refractivity contribution in [1.29, 1.82) is 0 Å². The predicted octanol–water partition coefficient (Wildman–Crippen LogP) is 1.12. The van der Waals surface area contributed by atoms with E-state index in [1.54, 1.807) is 13.3 Å². The molecule has 1 aromatic rings. The highest BCUT2D eigenvalue weighted by Gasteiger charge is 2.29. The van der Waals surface area contributed by atoms with Gasteiger partial charge in [-0.25, -0.2) is 5.10 Å². The molecule has 1 aromatic heterocycles. The highest BCUT2D eigenvalue weighted by atomic mass is 79.9. The van der Waals surface area contributed by atoms with Gasteiger partial charge in [0.2, 0.25) is 0 Å². The minimum atomic E-state index is -0.220. The Balaban J connectivity index is 2.00. The van der Waals surface area contributed by atoms with Crippen molar-refractivity contribution < 1.29 is 4.74 Å². The number of aromatic amines is 1. The topological polar surface area (TPSA) is 67.0 Å². The lowest BCUT2D eigenvalue weighted by Crippen LogP contribution is -2.40. The van der Waals surface area contributed by atoms with Crippen molar-refractivity contribution in [2.24, 2.45) is 0 Å². The zero-order valence-corrected chi connectivity index (χ0v) is 9.87. The number of aromatic nitrogens is 2. The lowest BCUT2D eigenvalue weighted by atomic mass is 9.89. The van der Waals surface area contributed by atoms with Gasteiger partial charge in [0.05, 0.1) is 18.0 Å². The molecule has 0 saturated heterocycles. The zero-order valence-electron chi connectivity index (χ0n) is 8.29. The second-order valence-electron chi connectivity index (χ2n) is 3.60. The molecule has 82 valence electrons. The van der Waals surface area contributed by atoms with Crippen LogP contribution in [0.2, 0.25) is 0 Å². The summed E-state index contributed by atoms with van der Waals surface area (Å²) in [5.74, 6) is 0. The first-order valence-corrected chi connectivity index (χ1v) is 5.52. The number of anilines is 1. The van der Waals surface area contributed by atoms with Crippen molar-refractivity contribution in [2.45, 2.75) is 25.0 Å². The SMILES string of the molecule is COC1CC(Nc2cn[nH]c(=O)c2Br)C1. The quantitative estimate of drug-likeness (QED) is 0.866. The van der Waals surface area contributed by atoms with E-state index in [9.17, 15) is 4.79 Å². The van der Waals surface area contributed by atoms with Crippen LogP contribution in [0, 0.1) is 0 Å². The van der Waals surface area contributed by atoms with Gasteiger partial charge in [0.15, 0.2) is 0 Å². The molecule has 1 aliphatic rings. The molecule has 6 heteroatoms. The van der Waals surface area contributed by atoms with E-state index in [0.29, 0.717) is 16.6 Å². The van der Waals surface area contributed by atoms with Gasteiger partial charge in [-0.15, -0.1) is 0 Å². The lowest BCUT2D eigenvalue weighted by Gasteiger charge is -2.35. The Morgan fingerprint density at radius 3 is 3.07 bits per heavy atom. The Kier molecular flexibility index (Phi) is 3.06. The van der Waals surface area contributed by atoms with E-state index < -0.39 is 0 Å². The molecule has 0 unspecified atom stereocenters. The largest absolute Gasteiger partial charge is 0.381 e. The minimum absolute atomic E-state index is 0.220. The van der Waals surface area contributed by atoms with Crippen molar-refractivity contribution in [3.63, 3.8) is 0 Å². The van der Waals surface area contributed by atoms with Crippen molar-refractivity contribution in [2.75, 3.05) is 12.4 Å². The number of nitrogens with one attached hydrogen (secondary N) is 2. The number of hydrogen-bond donors (Lipinski definition) is 2. The summed E-state index contributed by atoms with van der Waals surface area (Å²) in [6.07, 6.45) is 3.88. The highest BCUT2D eigenvalue weighted by molar-refractivity contribution is 9.10. The molecular formula is C9H12BrN3O2. The van der Waals surface area contributed by atoms with Crippen molar-refractivity contribution in [3.8, 4) is 0 Å². The number of ether oxygens (including phenoxy) is 1. The standard InChI is InChI=1S/C9H12BrN3O2/c1-15-6-2-5(3-6)12-7-4-11-13-9(14)8(7)10/h4-6H,2-3H2,1H3,(H2,12,13,14). The van der Waals surface area contributed by atoms with E-state index in [2.05, 4.69) is 31.4 Å². The maximum Gasteiger partial charge on any atom is 0.280 e. The summed E-state index contributed by atoms with van der Waals surface area (Å²) in [6.45, 7) is 0. The third-order valence-corrected chi connectivity index (χ3v) is 3.37. The monoisotopic (exact) mass is 273 g/mol. The van der Waals surface area contributed by atoms with Crippen molar-refractivity contribution >= 4 is 21.6 Å². The number of halogens is 1. The Bertz CT molecular complexity index is 401. The third-order valence-electron chi connectivity index (χ3n) is 2.58. The number of H-pyrrole nitrogens is 1. The second kappa shape index (κ2) is 4.32. The van der Waals surface area contributed by atoms with E-state index in [-0.39, 0.29) is 5.56 Å². The lowest BCUT2D eigenvalue weighted by molar-refractivity contribution is 0.0328. The molecule has 0 bridgehead atoms. The van der Waals surface area contributed by atoms with Crippen LogP contribution >= 0.6 is 15.9 Å². The summed E-state index contributed by atoms with van der Waals surface area (Å²) in [4.78, 5) is 11.2. The summed E-state index contributed by atoms with van der Waals surface area (Å²) >= 11 is 3.22. The first-order chi connectivity index (χ1) is 7.20. The Hall–Kier alpha value is -0.880. The number of methoxy groups -OCH3 is 1. The fourth-order valence-electron chi connectivity index (χ4n) is 1.58. The van der Waals surface area contributed by atoms with Crippen molar-refractivity contribution in [1.82, 2.24) is 10.2 Å². The predicted molar refractivity (Wildman–Crippen MR) is 60.0 cm³/mol. The van der Waals surface area contributed by atoms with E-state index in [0.717, 1.165) is 18.5 Å². The van der Waals surface area contributed by atoms with Gasteiger partial charge in [0, 0.05) is 13.2 Å². The molecule has 0 atom stereocenters. The third kappa shape index (κ3) is 2.21. The van der Waals surface area contributed by atoms with Crippen LogP contribution in [-0.4, -0.2) is 29.5 Å². The van der Waals surface area contributed by atoms with Gasteiger partial charge in [-0.05, 0) is 28.8 Å². The average Bonchev–Trinajstić information content (AvgIpc) is 2.17. The molecule has 0 aliphatic heterocycles. The second-order valence-corrected chi connectivity index (χ2v) is 4.39. The Labute approximate surface area is 95.4 Å². The van der Waals surface area contributed by atoms with E-state index >= 15 is 0 Å². The highest BCUT2D eigenvalue weighted by Crippen LogP contribution is 2.27. The number of hydrogen-bond acceptors (Lipinski definition) is 4. The van der Waals surface area contributed by atoms with Gasteiger partial charge in [-0.1, -0.05) is 0 Å². The molecule has 0 spiro atoms. The summed E-state index contributed by atoms with van der Waals surface area (Å²) in [5, 5.41) is 9.33. The summed E-state index contributed by atoms with van der Waals surface area (Å²) in [6, 6.07) is 0.370. The van der Waals surface area contributed by atoms with Gasteiger partial charge < -0.3 is 10.1 Å². The average molecular weight is 274 g/mol. The maximum atomic E-state index is 11.2. The van der Waals surface area contributed by atoms with Crippen LogP contribution in [0.15, 0.2) is 15.5 Å². The first-order valence-electron chi connectivity index (χ1n) is 4.73. The molecule has 2 N–H and O–H groups in total. The molecule has 1 saturated carbocycles. The van der Waals surface area contributed by atoms with E-state index in [4.69, 9.17) is 4.74 Å². The van der Waals surface area contributed by atoms with Crippen LogP contribution in [-0.2, 0) is 4.74 Å². The number of nitrogens with zero attached hydrogens (tertiary/aromatic N) is 1. The molecule has 15 heavy (non-hydrogen) atoms. The van der Waals surface area contributed by atoms with Crippen LogP contribution in [0.3, 0.4) is 0 Å². The van der Waals surface area contributed by atoms with E-state index in [1.165, 1.54) is 0 Å². The van der Waals surface area contributed by atoms with E-state index in [1.807, 2.05) is 0 Å². The summed E-state index contributed by atoms with van der Waals surface area (Å²) in [7, 11) is 1.71. The fourth-order valence-corrected chi connectivity index (χ4v) is 1.89. The van der Waals surface area contributed by atoms with Crippen molar-refractivity contribution in [3.05, 3.63) is 21.0 Å². The number of rotatable bonds is 3. The van der Waals surface area contributed by atoms with Gasteiger partial charge in [-0.2, -0.15) is 5.10 Å². The molecule has 5 nitrogen and oxygen atoms in total. The molecule has 0 radical (unpaired) electrons. The van der Waals surface area contributed by atoms with Gasteiger partial charge in [0.25, 0.3) is 5.56 Å². The summed E-state index contributed by atoms with van der Waals surface area (Å²) in [5.41, 5.74) is 0.515. The molecular weight excluding hydrogens is 262 g/mol. The van der Waals surface area contributed by atoms with Gasteiger partial charge >= 0.3 is 0 Å². The molecule has 0 amide bonds. The van der Waals surface area contributed by atoms with Crippen LogP contribution < -0.4 is 10.9 Å². The molecule has 0 aromatic carbocycles. The molecule has 1 aliphatic carbocycles. The van der Waals surface area contributed by atoms with Crippen LogP contribution in [0.5, 0.6) is 0 Å². The van der Waals surface area contributed by atoms with Gasteiger partial charge in [-0.3, -0.25) is 4.79 Å². The fraction of sp³-hybridized carbons (Fsp3) is 0.556. The molecule has 1 fully saturated rings. The van der Waals surface area contributed by atoms with Crippen LogP contribution in [0.25, 0.3) is 0 Å². The first kappa shape index (κ1) is 10.6. The van der Waals surface area contributed by atoms with Crippen LogP contribution in [0.4, 0.5) is 5.69 Å².